The third-order valence-electron chi connectivity index (χ3n) is 4.02. The highest BCUT2D eigenvalue weighted by Crippen LogP contribution is 2.31. The average molecular weight is 354 g/mol. The van der Waals surface area contributed by atoms with Crippen molar-refractivity contribution in [2.75, 3.05) is 19.0 Å². The average Bonchev–Trinajstić information content (AvgIpc) is 3.07. The monoisotopic (exact) mass is 354 g/mol. The number of H-pyrrole nitrogens is 1. The van der Waals surface area contributed by atoms with Crippen LogP contribution >= 0.6 is 11.8 Å². The van der Waals surface area contributed by atoms with Gasteiger partial charge in [-0.1, -0.05) is 23.9 Å². The van der Waals surface area contributed by atoms with Gasteiger partial charge in [0.1, 0.15) is 13.2 Å². The number of imidazole rings is 1. The van der Waals surface area contributed by atoms with Crippen LogP contribution in [0.1, 0.15) is 23.2 Å². The van der Waals surface area contributed by atoms with E-state index >= 15 is 0 Å². The normalized spacial score (nSPS) is 13.1. The molecule has 0 bridgehead atoms. The molecule has 0 saturated carbocycles. The van der Waals surface area contributed by atoms with Gasteiger partial charge in [0.25, 0.3) is 0 Å². The van der Waals surface area contributed by atoms with Gasteiger partial charge in [0.2, 0.25) is 0 Å². The number of nitrogens with one attached hydrogen (secondary N) is 1. The van der Waals surface area contributed by atoms with Crippen LogP contribution in [0.3, 0.4) is 0 Å². The number of aromatic amines is 1. The molecule has 1 aromatic heterocycles. The van der Waals surface area contributed by atoms with E-state index in [1.54, 1.807) is 17.8 Å². The number of para-hydroxylation sites is 2. The topological polar surface area (TPSA) is 64.2 Å². The highest BCUT2D eigenvalue weighted by molar-refractivity contribution is 7.99. The number of fused-ring (bicyclic) bond motifs is 2. The first-order valence-electron chi connectivity index (χ1n) is 8.30. The summed E-state index contributed by atoms with van der Waals surface area (Å²) in [6.07, 6.45) is 1.31. The van der Waals surface area contributed by atoms with E-state index in [4.69, 9.17) is 9.47 Å². The van der Waals surface area contributed by atoms with Crippen molar-refractivity contribution in [2.24, 2.45) is 0 Å². The Morgan fingerprint density at radius 2 is 1.96 bits per heavy atom. The van der Waals surface area contributed by atoms with Gasteiger partial charge in [-0.3, -0.25) is 4.79 Å². The molecule has 2 aromatic carbocycles. The fourth-order valence-electron chi connectivity index (χ4n) is 2.76. The van der Waals surface area contributed by atoms with Crippen LogP contribution in [0.25, 0.3) is 11.0 Å². The third-order valence-corrected chi connectivity index (χ3v) is 4.98. The molecule has 1 N–H and O–H groups in total. The molecule has 0 atom stereocenters. The Balaban J connectivity index is 1.30. The molecular weight excluding hydrogens is 336 g/mol. The molecule has 0 amide bonds. The van der Waals surface area contributed by atoms with E-state index in [1.165, 1.54) is 0 Å². The molecule has 128 valence electrons. The molecule has 6 heteroatoms. The molecule has 2 heterocycles. The quantitative estimate of drug-likeness (QED) is 0.410. The van der Waals surface area contributed by atoms with Gasteiger partial charge in [-0.15, -0.1) is 0 Å². The van der Waals surface area contributed by atoms with Crippen molar-refractivity contribution in [1.29, 1.82) is 0 Å². The van der Waals surface area contributed by atoms with Crippen LogP contribution in [-0.4, -0.2) is 34.7 Å². The van der Waals surface area contributed by atoms with E-state index in [1.807, 2.05) is 36.4 Å². The Morgan fingerprint density at radius 1 is 1.12 bits per heavy atom. The summed E-state index contributed by atoms with van der Waals surface area (Å²) < 4.78 is 11.0. The second-order valence-electron chi connectivity index (χ2n) is 5.79. The minimum Gasteiger partial charge on any atom is -0.486 e. The second kappa shape index (κ2) is 7.19. The van der Waals surface area contributed by atoms with Crippen LogP contribution < -0.4 is 9.47 Å². The number of benzene rings is 2. The molecule has 0 saturated heterocycles. The minimum atomic E-state index is 0.127. The first-order chi connectivity index (χ1) is 12.3. The van der Waals surface area contributed by atoms with Crippen LogP contribution in [0.4, 0.5) is 0 Å². The molecule has 1 aliphatic rings. The van der Waals surface area contributed by atoms with Crippen molar-refractivity contribution in [1.82, 2.24) is 9.97 Å². The number of ketones is 1. The molecule has 0 aliphatic carbocycles. The second-order valence-corrected chi connectivity index (χ2v) is 6.88. The summed E-state index contributed by atoms with van der Waals surface area (Å²) >= 11 is 1.64. The van der Waals surface area contributed by atoms with Crippen molar-refractivity contribution in [3.05, 3.63) is 48.0 Å². The van der Waals surface area contributed by atoms with Crippen molar-refractivity contribution in [3.8, 4) is 11.5 Å². The summed E-state index contributed by atoms with van der Waals surface area (Å²) in [6, 6.07) is 13.4. The lowest BCUT2D eigenvalue weighted by atomic mass is 10.1. The number of Topliss-reactive ketones (excluding diaryl/α,β-unsaturated/α-hetero) is 1. The van der Waals surface area contributed by atoms with E-state index in [2.05, 4.69) is 9.97 Å². The predicted octanol–water partition coefficient (Wildman–Crippen LogP) is 4.09. The maximum atomic E-state index is 12.4. The first kappa shape index (κ1) is 16.0. The van der Waals surface area contributed by atoms with Crippen LogP contribution in [0, 0.1) is 0 Å². The van der Waals surface area contributed by atoms with Crippen molar-refractivity contribution < 1.29 is 14.3 Å². The van der Waals surface area contributed by atoms with Gasteiger partial charge in [0.15, 0.2) is 22.4 Å². The maximum Gasteiger partial charge on any atom is 0.166 e. The zero-order chi connectivity index (χ0) is 17.1. The van der Waals surface area contributed by atoms with Crippen molar-refractivity contribution in [3.63, 3.8) is 0 Å². The smallest absolute Gasteiger partial charge is 0.166 e. The summed E-state index contributed by atoms with van der Waals surface area (Å²) in [5.41, 5.74) is 2.69. The molecule has 0 spiro atoms. The van der Waals surface area contributed by atoms with Gasteiger partial charge >= 0.3 is 0 Å². The Bertz CT molecular complexity index is 874. The number of rotatable bonds is 6. The molecule has 25 heavy (non-hydrogen) atoms. The number of ether oxygens (including phenoxy) is 2. The van der Waals surface area contributed by atoms with Gasteiger partial charge in [0, 0.05) is 17.7 Å². The van der Waals surface area contributed by atoms with Crippen LogP contribution in [0.15, 0.2) is 47.6 Å². The molecule has 5 nitrogen and oxygen atoms in total. The number of aromatic nitrogens is 2. The van der Waals surface area contributed by atoms with E-state index in [9.17, 15) is 4.79 Å². The van der Waals surface area contributed by atoms with Gasteiger partial charge in [-0.25, -0.2) is 4.98 Å². The number of hydrogen-bond donors (Lipinski definition) is 1. The van der Waals surface area contributed by atoms with Crippen LogP contribution in [0.5, 0.6) is 11.5 Å². The van der Waals surface area contributed by atoms with Crippen molar-refractivity contribution >= 4 is 28.6 Å². The summed E-state index contributed by atoms with van der Waals surface area (Å²) in [5, 5.41) is 0.896. The molecular formula is C19H18N2O3S. The van der Waals surface area contributed by atoms with E-state index in [-0.39, 0.29) is 5.78 Å². The predicted molar refractivity (Wildman–Crippen MR) is 97.8 cm³/mol. The summed E-state index contributed by atoms with van der Waals surface area (Å²) in [6.45, 7) is 1.08. The molecule has 0 fully saturated rings. The van der Waals surface area contributed by atoms with Crippen molar-refractivity contribution in [2.45, 2.75) is 18.0 Å². The SMILES string of the molecule is O=C(CCCSc1nc2ccccc2[nH]1)c1ccc2c(c1)OCCO2. The number of carbonyl (C=O) groups is 1. The standard InChI is InChI=1S/C19H18N2O3S/c22-16(13-7-8-17-18(12-13)24-10-9-23-17)6-3-11-25-19-20-14-4-1-2-5-15(14)21-19/h1-2,4-5,7-8,12H,3,6,9-11H2,(H,20,21). The largest absolute Gasteiger partial charge is 0.486 e. The fourth-order valence-corrected chi connectivity index (χ4v) is 3.59. The van der Waals surface area contributed by atoms with Gasteiger partial charge < -0.3 is 14.5 Å². The Hall–Kier alpha value is -2.47. The van der Waals surface area contributed by atoms with E-state index in [0.29, 0.717) is 36.7 Å². The zero-order valence-electron chi connectivity index (χ0n) is 13.7. The Morgan fingerprint density at radius 3 is 2.84 bits per heavy atom. The summed E-state index contributed by atoms with van der Waals surface area (Å²) in [4.78, 5) is 20.2. The number of hydrogen-bond acceptors (Lipinski definition) is 5. The van der Waals surface area contributed by atoms with Crippen LogP contribution in [0.2, 0.25) is 0 Å². The lowest BCUT2D eigenvalue weighted by Crippen LogP contribution is -2.15. The molecule has 4 rings (SSSR count). The van der Waals surface area contributed by atoms with E-state index in [0.717, 1.165) is 28.4 Å². The highest BCUT2D eigenvalue weighted by Gasteiger charge is 2.14. The van der Waals surface area contributed by atoms with Crippen LogP contribution in [-0.2, 0) is 0 Å². The molecule has 0 radical (unpaired) electrons. The maximum absolute atomic E-state index is 12.4. The highest BCUT2D eigenvalue weighted by atomic mass is 32.2. The fraction of sp³-hybridized carbons (Fsp3) is 0.263. The molecule has 0 unspecified atom stereocenters. The lowest BCUT2D eigenvalue weighted by Gasteiger charge is -2.18. The number of thioether (sulfide) groups is 1. The van der Waals surface area contributed by atoms with Gasteiger partial charge in [-0.2, -0.15) is 0 Å². The third kappa shape index (κ3) is 3.64. The Kier molecular flexibility index (Phi) is 4.61. The zero-order valence-corrected chi connectivity index (χ0v) is 14.5. The first-order valence-corrected chi connectivity index (χ1v) is 9.28. The molecule has 3 aromatic rings. The van der Waals surface area contributed by atoms with Gasteiger partial charge in [-0.05, 0) is 36.8 Å². The van der Waals surface area contributed by atoms with Gasteiger partial charge in [0.05, 0.1) is 11.0 Å². The molecule has 1 aliphatic heterocycles. The lowest BCUT2D eigenvalue weighted by molar-refractivity contribution is 0.0981. The Labute approximate surface area is 149 Å². The summed E-state index contributed by atoms with van der Waals surface area (Å²) in [7, 11) is 0. The number of nitrogens with zero attached hydrogens (tertiary/aromatic N) is 1. The number of carbonyl (C=O) groups excluding carboxylic acids is 1. The summed E-state index contributed by atoms with van der Waals surface area (Å²) in [5.74, 6) is 2.34. The van der Waals surface area contributed by atoms with E-state index < -0.39 is 0 Å². The minimum absolute atomic E-state index is 0.127.